The second-order valence-corrected chi connectivity index (χ2v) is 6.17. The number of rotatable bonds is 6. The van der Waals surface area contributed by atoms with Gasteiger partial charge in [-0.1, -0.05) is 12.1 Å². The van der Waals surface area contributed by atoms with Crippen LogP contribution in [-0.4, -0.2) is 55.2 Å². The zero-order chi connectivity index (χ0) is 16.9. The molecule has 1 saturated heterocycles. The summed E-state index contributed by atoms with van der Waals surface area (Å²) in [7, 11) is 0. The molecule has 0 bridgehead atoms. The molecule has 1 aliphatic rings. The fourth-order valence-electron chi connectivity index (χ4n) is 2.80. The normalized spacial score (nSPS) is 17.7. The summed E-state index contributed by atoms with van der Waals surface area (Å²) in [5.41, 5.74) is -0.703. The summed E-state index contributed by atoms with van der Waals surface area (Å²) >= 11 is 0. The lowest BCUT2D eigenvalue weighted by molar-refractivity contribution is -0.139. The van der Waals surface area contributed by atoms with Gasteiger partial charge < -0.3 is 9.64 Å². The third-order valence-corrected chi connectivity index (χ3v) is 4.21. The van der Waals surface area contributed by atoms with E-state index in [4.69, 9.17) is 4.74 Å². The predicted octanol–water partition coefficient (Wildman–Crippen LogP) is 3.50. The monoisotopic (exact) mass is 330 g/mol. The molecule has 23 heavy (non-hydrogen) atoms. The number of piperazine rings is 1. The van der Waals surface area contributed by atoms with Crippen LogP contribution in [0.25, 0.3) is 0 Å². The molecular weight excluding hydrogens is 305 g/mol. The Hall–Kier alpha value is -1.27. The van der Waals surface area contributed by atoms with Gasteiger partial charge in [0.15, 0.2) is 0 Å². The van der Waals surface area contributed by atoms with Crippen LogP contribution < -0.4 is 4.74 Å². The number of nitrogens with zero attached hydrogens (tertiary/aromatic N) is 2. The number of hydrogen-bond acceptors (Lipinski definition) is 3. The number of benzene rings is 1. The smallest absolute Gasteiger partial charge is 0.419 e. The van der Waals surface area contributed by atoms with Crippen LogP contribution in [-0.2, 0) is 6.18 Å². The van der Waals surface area contributed by atoms with Gasteiger partial charge in [0, 0.05) is 38.8 Å². The predicted molar refractivity (Wildman–Crippen MR) is 84.7 cm³/mol. The SMILES string of the molecule is CC(C)N1CCN(CCCOc2ccccc2C(F)(F)F)CC1. The van der Waals surface area contributed by atoms with Gasteiger partial charge in [-0.2, -0.15) is 13.2 Å². The molecule has 1 heterocycles. The summed E-state index contributed by atoms with van der Waals surface area (Å²) in [6.45, 7) is 9.68. The van der Waals surface area contributed by atoms with E-state index in [0.29, 0.717) is 12.6 Å². The average Bonchev–Trinajstić information content (AvgIpc) is 2.51. The molecule has 0 aliphatic carbocycles. The Bertz CT molecular complexity index is 483. The first-order valence-corrected chi connectivity index (χ1v) is 8.13. The van der Waals surface area contributed by atoms with Crippen LogP contribution in [0.5, 0.6) is 5.75 Å². The van der Waals surface area contributed by atoms with Gasteiger partial charge in [0.05, 0.1) is 12.2 Å². The van der Waals surface area contributed by atoms with E-state index in [1.807, 2.05) is 0 Å². The Morgan fingerprint density at radius 3 is 2.35 bits per heavy atom. The Balaban J connectivity index is 1.73. The van der Waals surface area contributed by atoms with Crippen LogP contribution in [0.1, 0.15) is 25.8 Å². The zero-order valence-corrected chi connectivity index (χ0v) is 13.8. The maximum atomic E-state index is 12.9. The Kier molecular flexibility index (Phi) is 6.30. The van der Waals surface area contributed by atoms with Crippen molar-refractivity contribution < 1.29 is 17.9 Å². The van der Waals surface area contributed by atoms with Crippen LogP contribution in [0.2, 0.25) is 0 Å². The summed E-state index contributed by atoms with van der Waals surface area (Å²) in [4.78, 5) is 4.78. The van der Waals surface area contributed by atoms with Gasteiger partial charge in [0.25, 0.3) is 0 Å². The second-order valence-electron chi connectivity index (χ2n) is 6.17. The number of alkyl halides is 3. The first-order valence-electron chi connectivity index (χ1n) is 8.13. The lowest BCUT2D eigenvalue weighted by Gasteiger charge is -2.36. The third kappa shape index (κ3) is 5.39. The molecule has 1 aromatic rings. The lowest BCUT2D eigenvalue weighted by atomic mass is 10.2. The lowest BCUT2D eigenvalue weighted by Crippen LogP contribution is -2.49. The molecule has 2 rings (SSSR count). The first-order chi connectivity index (χ1) is 10.9. The van der Waals surface area contributed by atoms with E-state index in [1.165, 1.54) is 12.1 Å². The molecule has 0 N–H and O–H groups in total. The zero-order valence-electron chi connectivity index (χ0n) is 13.8. The van der Waals surface area contributed by atoms with Crippen molar-refractivity contribution in [3.63, 3.8) is 0 Å². The number of ether oxygens (including phenoxy) is 1. The van der Waals surface area contributed by atoms with Gasteiger partial charge in [-0.3, -0.25) is 4.90 Å². The van der Waals surface area contributed by atoms with Crippen molar-refractivity contribution in [1.29, 1.82) is 0 Å². The van der Waals surface area contributed by atoms with Gasteiger partial charge in [-0.05, 0) is 32.4 Å². The van der Waals surface area contributed by atoms with E-state index in [0.717, 1.165) is 45.2 Å². The van der Waals surface area contributed by atoms with Crippen LogP contribution in [0.4, 0.5) is 13.2 Å². The van der Waals surface area contributed by atoms with Crippen molar-refractivity contribution in [2.24, 2.45) is 0 Å². The van der Waals surface area contributed by atoms with Crippen LogP contribution in [0, 0.1) is 0 Å². The molecular formula is C17H25F3N2O. The molecule has 0 spiro atoms. The molecule has 6 heteroatoms. The second kappa shape index (κ2) is 8.02. The standard InChI is InChI=1S/C17H25F3N2O/c1-14(2)22-11-9-21(10-12-22)8-5-13-23-16-7-4-3-6-15(16)17(18,19)20/h3-4,6-7,14H,5,8-13H2,1-2H3. The number of halogens is 3. The minimum Gasteiger partial charge on any atom is -0.493 e. The van der Waals surface area contributed by atoms with E-state index in [2.05, 4.69) is 23.6 Å². The number of para-hydroxylation sites is 1. The minimum absolute atomic E-state index is 0.0790. The average molecular weight is 330 g/mol. The van der Waals surface area contributed by atoms with Crippen molar-refractivity contribution in [3.8, 4) is 5.75 Å². The number of hydrogen-bond donors (Lipinski definition) is 0. The molecule has 0 atom stereocenters. The molecule has 1 aliphatic heterocycles. The summed E-state index contributed by atoms with van der Waals surface area (Å²) in [5.74, 6) is -0.0790. The van der Waals surface area contributed by atoms with Crippen molar-refractivity contribution in [3.05, 3.63) is 29.8 Å². The Morgan fingerprint density at radius 1 is 1.09 bits per heavy atom. The van der Waals surface area contributed by atoms with E-state index >= 15 is 0 Å². The highest BCUT2D eigenvalue weighted by Gasteiger charge is 2.33. The van der Waals surface area contributed by atoms with Gasteiger partial charge in [0.2, 0.25) is 0 Å². The van der Waals surface area contributed by atoms with Crippen LogP contribution in [0.3, 0.4) is 0 Å². The molecule has 1 fully saturated rings. The fourth-order valence-corrected chi connectivity index (χ4v) is 2.80. The first kappa shape index (κ1) is 18.1. The summed E-state index contributed by atoms with van der Waals surface area (Å²) in [6.07, 6.45) is -3.64. The summed E-state index contributed by atoms with van der Waals surface area (Å²) in [5, 5.41) is 0. The molecule has 130 valence electrons. The maximum Gasteiger partial charge on any atom is 0.419 e. The third-order valence-electron chi connectivity index (χ3n) is 4.21. The highest BCUT2D eigenvalue weighted by molar-refractivity contribution is 5.35. The molecule has 3 nitrogen and oxygen atoms in total. The highest BCUT2D eigenvalue weighted by atomic mass is 19.4. The summed E-state index contributed by atoms with van der Waals surface area (Å²) < 4.78 is 43.9. The van der Waals surface area contributed by atoms with Gasteiger partial charge in [0.1, 0.15) is 5.75 Å². The topological polar surface area (TPSA) is 15.7 Å². The van der Waals surface area contributed by atoms with E-state index in [1.54, 1.807) is 6.07 Å². The quantitative estimate of drug-likeness (QED) is 0.743. The fraction of sp³-hybridized carbons (Fsp3) is 0.647. The Morgan fingerprint density at radius 2 is 1.74 bits per heavy atom. The van der Waals surface area contributed by atoms with Gasteiger partial charge >= 0.3 is 6.18 Å². The van der Waals surface area contributed by atoms with Crippen molar-refractivity contribution in [2.45, 2.75) is 32.5 Å². The molecule has 0 radical (unpaired) electrons. The largest absolute Gasteiger partial charge is 0.493 e. The Labute approximate surface area is 136 Å². The highest BCUT2D eigenvalue weighted by Crippen LogP contribution is 2.35. The van der Waals surface area contributed by atoms with E-state index < -0.39 is 11.7 Å². The molecule has 0 amide bonds. The van der Waals surface area contributed by atoms with Crippen LogP contribution in [0.15, 0.2) is 24.3 Å². The van der Waals surface area contributed by atoms with E-state index in [9.17, 15) is 13.2 Å². The van der Waals surface area contributed by atoms with E-state index in [-0.39, 0.29) is 5.75 Å². The van der Waals surface area contributed by atoms with Gasteiger partial charge in [-0.25, -0.2) is 0 Å². The van der Waals surface area contributed by atoms with Crippen LogP contribution >= 0.6 is 0 Å². The molecule has 0 saturated carbocycles. The molecule has 0 aromatic heterocycles. The maximum absolute atomic E-state index is 12.9. The van der Waals surface area contributed by atoms with Crippen molar-refractivity contribution in [2.75, 3.05) is 39.3 Å². The summed E-state index contributed by atoms with van der Waals surface area (Å²) in [6, 6.07) is 5.95. The minimum atomic E-state index is -4.37. The van der Waals surface area contributed by atoms with Gasteiger partial charge in [-0.15, -0.1) is 0 Å². The van der Waals surface area contributed by atoms with Crippen molar-refractivity contribution >= 4 is 0 Å². The molecule has 0 unspecified atom stereocenters. The van der Waals surface area contributed by atoms with Crippen molar-refractivity contribution in [1.82, 2.24) is 9.80 Å². The molecule has 1 aromatic carbocycles.